The SMILES string of the molecule is CN(C)C1(Cn2c(CCl)nc3ccccc32)CCCC1. The zero-order chi connectivity index (χ0) is 14.2. The van der Waals surface area contributed by atoms with Crippen molar-refractivity contribution in [3.63, 3.8) is 0 Å². The first-order chi connectivity index (χ1) is 9.66. The van der Waals surface area contributed by atoms with Gasteiger partial charge < -0.3 is 9.47 Å². The molecule has 1 fully saturated rings. The molecule has 1 heterocycles. The Morgan fingerprint density at radius 2 is 1.95 bits per heavy atom. The third-order valence-electron chi connectivity index (χ3n) is 4.79. The second-order valence-corrected chi connectivity index (χ2v) is 6.33. The van der Waals surface area contributed by atoms with Crippen LogP contribution in [0.15, 0.2) is 24.3 Å². The van der Waals surface area contributed by atoms with Crippen LogP contribution in [0, 0.1) is 0 Å². The fourth-order valence-corrected chi connectivity index (χ4v) is 3.68. The number of para-hydroxylation sites is 2. The first-order valence-electron chi connectivity index (χ1n) is 7.34. The van der Waals surface area contributed by atoms with Gasteiger partial charge in [-0.3, -0.25) is 0 Å². The molecule has 3 rings (SSSR count). The van der Waals surface area contributed by atoms with E-state index in [2.05, 4.69) is 46.7 Å². The van der Waals surface area contributed by atoms with Crippen molar-refractivity contribution >= 4 is 22.6 Å². The normalized spacial score (nSPS) is 18.2. The van der Waals surface area contributed by atoms with E-state index in [0.29, 0.717) is 5.88 Å². The number of fused-ring (bicyclic) bond motifs is 1. The lowest BCUT2D eigenvalue weighted by molar-refractivity contribution is 0.134. The molecule has 0 N–H and O–H groups in total. The molecule has 0 saturated heterocycles. The van der Waals surface area contributed by atoms with Crippen molar-refractivity contribution < 1.29 is 0 Å². The molecule has 4 heteroatoms. The number of likely N-dealkylation sites (N-methyl/N-ethyl adjacent to an activating group) is 1. The Kier molecular flexibility index (Phi) is 3.74. The summed E-state index contributed by atoms with van der Waals surface area (Å²) in [7, 11) is 4.40. The summed E-state index contributed by atoms with van der Waals surface area (Å²) in [6, 6.07) is 8.33. The van der Waals surface area contributed by atoms with Gasteiger partial charge in [0.15, 0.2) is 0 Å². The number of alkyl halides is 1. The van der Waals surface area contributed by atoms with Crippen LogP contribution >= 0.6 is 11.6 Å². The number of imidazole rings is 1. The van der Waals surface area contributed by atoms with Gasteiger partial charge >= 0.3 is 0 Å². The number of benzene rings is 1. The lowest BCUT2D eigenvalue weighted by Gasteiger charge is -2.37. The van der Waals surface area contributed by atoms with Crippen molar-refractivity contribution in [2.24, 2.45) is 0 Å². The van der Waals surface area contributed by atoms with Gasteiger partial charge in [-0.2, -0.15) is 0 Å². The van der Waals surface area contributed by atoms with Crippen LogP contribution in [0.4, 0.5) is 0 Å². The van der Waals surface area contributed by atoms with Crippen LogP contribution in [0.25, 0.3) is 11.0 Å². The van der Waals surface area contributed by atoms with E-state index in [1.54, 1.807) is 0 Å². The van der Waals surface area contributed by atoms with Crippen molar-refractivity contribution in [1.29, 1.82) is 0 Å². The van der Waals surface area contributed by atoms with Crippen molar-refractivity contribution in [3.8, 4) is 0 Å². The number of hydrogen-bond donors (Lipinski definition) is 0. The molecule has 0 bridgehead atoms. The summed E-state index contributed by atoms with van der Waals surface area (Å²) >= 11 is 6.12. The molecule has 0 aliphatic heterocycles. The number of aromatic nitrogens is 2. The van der Waals surface area contributed by atoms with E-state index in [1.807, 2.05) is 6.07 Å². The van der Waals surface area contributed by atoms with E-state index in [-0.39, 0.29) is 5.54 Å². The first-order valence-corrected chi connectivity index (χ1v) is 7.87. The lowest BCUT2D eigenvalue weighted by atomic mass is 9.95. The van der Waals surface area contributed by atoms with Gasteiger partial charge in [-0.05, 0) is 39.1 Å². The topological polar surface area (TPSA) is 21.1 Å². The van der Waals surface area contributed by atoms with E-state index in [9.17, 15) is 0 Å². The third kappa shape index (κ3) is 2.23. The summed E-state index contributed by atoms with van der Waals surface area (Å²) in [6.07, 6.45) is 5.16. The maximum absolute atomic E-state index is 6.12. The van der Waals surface area contributed by atoms with Gasteiger partial charge in [0.1, 0.15) is 5.82 Å². The standard InChI is InChI=1S/C16H22ClN3/c1-19(2)16(9-5-6-10-16)12-20-14-8-4-3-7-13(14)18-15(20)11-17/h3-4,7-8H,5-6,9-12H2,1-2H3. The van der Waals surface area contributed by atoms with Gasteiger partial charge in [-0.15, -0.1) is 11.6 Å². The maximum Gasteiger partial charge on any atom is 0.124 e. The molecule has 0 spiro atoms. The highest BCUT2D eigenvalue weighted by atomic mass is 35.5. The molecule has 3 nitrogen and oxygen atoms in total. The van der Waals surface area contributed by atoms with E-state index in [1.165, 1.54) is 31.2 Å². The van der Waals surface area contributed by atoms with E-state index < -0.39 is 0 Å². The summed E-state index contributed by atoms with van der Waals surface area (Å²) < 4.78 is 2.33. The Bertz CT molecular complexity index is 597. The van der Waals surface area contributed by atoms with E-state index >= 15 is 0 Å². The fraction of sp³-hybridized carbons (Fsp3) is 0.562. The number of nitrogens with zero attached hydrogens (tertiary/aromatic N) is 3. The predicted molar refractivity (Wildman–Crippen MR) is 84.2 cm³/mol. The molecule has 1 aromatic carbocycles. The van der Waals surface area contributed by atoms with Crippen LogP contribution in [0.3, 0.4) is 0 Å². The van der Waals surface area contributed by atoms with Crippen molar-refractivity contribution in [1.82, 2.24) is 14.5 Å². The second-order valence-electron chi connectivity index (χ2n) is 6.06. The summed E-state index contributed by atoms with van der Waals surface area (Å²) in [6.45, 7) is 0.989. The fourth-order valence-electron chi connectivity index (χ4n) is 3.48. The van der Waals surface area contributed by atoms with Gasteiger partial charge in [0.25, 0.3) is 0 Å². The van der Waals surface area contributed by atoms with Crippen LogP contribution < -0.4 is 0 Å². The van der Waals surface area contributed by atoms with Crippen molar-refractivity contribution in [3.05, 3.63) is 30.1 Å². The van der Waals surface area contributed by atoms with Crippen LogP contribution in [-0.4, -0.2) is 34.1 Å². The molecule has 108 valence electrons. The summed E-state index contributed by atoms with van der Waals surface area (Å²) in [5, 5.41) is 0. The Morgan fingerprint density at radius 3 is 2.60 bits per heavy atom. The molecular formula is C16H22ClN3. The minimum absolute atomic E-state index is 0.254. The van der Waals surface area contributed by atoms with Gasteiger partial charge in [0.2, 0.25) is 0 Å². The van der Waals surface area contributed by atoms with Crippen LogP contribution in [-0.2, 0) is 12.4 Å². The Balaban J connectivity index is 2.05. The molecule has 0 unspecified atom stereocenters. The van der Waals surface area contributed by atoms with Gasteiger partial charge in [0, 0.05) is 12.1 Å². The molecule has 0 amide bonds. The molecular weight excluding hydrogens is 270 g/mol. The zero-order valence-electron chi connectivity index (χ0n) is 12.3. The Morgan fingerprint density at radius 1 is 1.25 bits per heavy atom. The lowest BCUT2D eigenvalue weighted by Crippen LogP contribution is -2.45. The van der Waals surface area contributed by atoms with Crippen molar-refractivity contribution in [2.75, 3.05) is 14.1 Å². The number of halogens is 1. The zero-order valence-corrected chi connectivity index (χ0v) is 13.0. The van der Waals surface area contributed by atoms with E-state index in [0.717, 1.165) is 17.9 Å². The molecule has 1 aromatic heterocycles. The molecule has 1 saturated carbocycles. The minimum atomic E-state index is 0.254. The summed E-state index contributed by atoms with van der Waals surface area (Å²) in [4.78, 5) is 7.07. The largest absolute Gasteiger partial charge is 0.325 e. The smallest absolute Gasteiger partial charge is 0.124 e. The average Bonchev–Trinajstić information content (AvgIpc) is 3.05. The van der Waals surface area contributed by atoms with Crippen LogP contribution in [0.5, 0.6) is 0 Å². The Labute approximate surface area is 125 Å². The second kappa shape index (κ2) is 5.38. The summed E-state index contributed by atoms with van der Waals surface area (Å²) in [5.74, 6) is 1.46. The maximum atomic E-state index is 6.12. The third-order valence-corrected chi connectivity index (χ3v) is 5.03. The Hall–Kier alpha value is -1.06. The quantitative estimate of drug-likeness (QED) is 0.802. The van der Waals surface area contributed by atoms with Gasteiger partial charge in [0.05, 0.1) is 16.9 Å². The van der Waals surface area contributed by atoms with Crippen molar-refractivity contribution in [2.45, 2.75) is 43.6 Å². The highest BCUT2D eigenvalue weighted by Gasteiger charge is 2.37. The highest BCUT2D eigenvalue weighted by molar-refractivity contribution is 6.16. The molecule has 0 atom stereocenters. The first kappa shape index (κ1) is 13.9. The predicted octanol–water partition coefficient (Wildman–Crippen LogP) is 3.65. The summed E-state index contributed by atoms with van der Waals surface area (Å²) in [5.41, 5.74) is 2.51. The molecule has 0 radical (unpaired) electrons. The molecule has 1 aliphatic rings. The molecule has 1 aliphatic carbocycles. The minimum Gasteiger partial charge on any atom is -0.325 e. The highest BCUT2D eigenvalue weighted by Crippen LogP contribution is 2.36. The van der Waals surface area contributed by atoms with Crippen LogP contribution in [0.1, 0.15) is 31.5 Å². The van der Waals surface area contributed by atoms with E-state index in [4.69, 9.17) is 11.6 Å². The van der Waals surface area contributed by atoms with Crippen LogP contribution in [0.2, 0.25) is 0 Å². The number of rotatable bonds is 4. The monoisotopic (exact) mass is 291 g/mol. The molecule has 2 aromatic rings. The van der Waals surface area contributed by atoms with Gasteiger partial charge in [-0.25, -0.2) is 4.98 Å². The molecule has 20 heavy (non-hydrogen) atoms. The number of hydrogen-bond acceptors (Lipinski definition) is 2. The van der Waals surface area contributed by atoms with Gasteiger partial charge in [-0.1, -0.05) is 25.0 Å². The average molecular weight is 292 g/mol.